The number of ether oxygens (including phenoxy) is 2. The first-order chi connectivity index (χ1) is 21.3. The minimum atomic E-state index is -0.367. The number of hydrogen-bond acceptors (Lipinski definition) is 4. The van der Waals surface area contributed by atoms with Crippen molar-refractivity contribution in [3.63, 3.8) is 0 Å². The van der Waals surface area contributed by atoms with Gasteiger partial charge in [0, 0.05) is 22.3 Å². The summed E-state index contributed by atoms with van der Waals surface area (Å²) >= 11 is 0. The lowest BCUT2D eigenvalue weighted by atomic mass is 9.97. The molecular formula is C40H38O4. The number of carbonyl (C=O) groups excluding carboxylic acids is 2. The van der Waals surface area contributed by atoms with Gasteiger partial charge in [-0.25, -0.2) is 9.59 Å². The van der Waals surface area contributed by atoms with E-state index in [1.54, 1.807) is 24.3 Å². The summed E-state index contributed by atoms with van der Waals surface area (Å²) < 4.78 is 11.2. The topological polar surface area (TPSA) is 52.6 Å². The molecule has 0 aliphatic rings. The van der Waals surface area contributed by atoms with Crippen molar-refractivity contribution in [3.05, 3.63) is 142 Å². The smallest absolute Gasteiger partial charge is 0.338 e. The second kappa shape index (κ2) is 16.0. The normalized spacial score (nSPS) is 11.8. The van der Waals surface area contributed by atoms with Crippen molar-refractivity contribution < 1.29 is 19.1 Å². The molecule has 0 amide bonds. The summed E-state index contributed by atoms with van der Waals surface area (Å²) in [6.45, 7) is 8.16. The maximum absolute atomic E-state index is 12.5. The van der Waals surface area contributed by atoms with Gasteiger partial charge >= 0.3 is 11.9 Å². The first-order valence-electron chi connectivity index (χ1n) is 15.2. The van der Waals surface area contributed by atoms with Crippen LogP contribution in [0.25, 0.3) is 0 Å². The molecule has 0 aromatic heterocycles. The van der Waals surface area contributed by atoms with Gasteiger partial charge in [0.05, 0.1) is 17.2 Å². The predicted molar refractivity (Wildman–Crippen MR) is 175 cm³/mol. The molecule has 44 heavy (non-hydrogen) atoms. The van der Waals surface area contributed by atoms with E-state index in [1.807, 2.05) is 92.7 Å². The maximum Gasteiger partial charge on any atom is 0.338 e. The van der Waals surface area contributed by atoms with Crippen LogP contribution in [-0.4, -0.2) is 18.0 Å². The highest BCUT2D eigenvalue weighted by molar-refractivity contribution is 5.90. The van der Waals surface area contributed by atoms with Gasteiger partial charge < -0.3 is 9.47 Å². The summed E-state index contributed by atoms with van der Waals surface area (Å²) in [6, 6.07) is 31.6. The zero-order valence-corrected chi connectivity index (χ0v) is 25.8. The Morgan fingerprint density at radius 3 is 1.36 bits per heavy atom. The van der Waals surface area contributed by atoms with E-state index in [9.17, 15) is 9.59 Å². The third-order valence-electron chi connectivity index (χ3n) is 7.51. The number of esters is 2. The van der Waals surface area contributed by atoms with Gasteiger partial charge in [-0.3, -0.25) is 0 Å². The van der Waals surface area contributed by atoms with E-state index in [1.165, 1.54) is 0 Å². The van der Waals surface area contributed by atoms with Crippen molar-refractivity contribution in [3.8, 4) is 23.7 Å². The van der Waals surface area contributed by atoms with Gasteiger partial charge in [-0.2, -0.15) is 0 Å². The Morgan fingerprint density at radius 2 is 0.955 bits per heavy atom. The van der Waals surface area contributed by atoms with Crippen LogP contribution in [-0.2, 0) is 9.47 Å². The van der Waals surface area contributed by atoms with Crippen LogP contribution in [0.5, 0.6) is 0 Å². The van der Waals surface area contributed by atoms with Crippen molar-refractivity contribution in [2.75, 3.05) is 0 Å². The third kappa shape index (κ3) is 9.48. The van der Waals surface area contributed by atoms with Crippen LogP contribution in [0.1, 0.15) is 102 Å². The van der Waals surface area contributed by atoms with Crippen LogP contribution in [0.15, 0.2) is 103 Å². The van der Waals surface area contributed by atoms with E-state index in [-0.39, 0.29) is 24.1 Å². The molecule has 0 aliphatic carbocycles. The fourth-order valence-corrected chi connectivity index (χ4v) is 4.72. The fraction of sp³-hybridized carbons (Fsp3) is 0.250. The van der Waals surface area contributed by atoms with Crippen LogP contribution >= 0.6 is 0 Å². The largest absolute Gasteiger partial charge is 0.459 e. The molecule has 0 fully saturated rings. The minimum absolute atomic E-state index is 0.106. The number of hydrogen-bond donors (Lipinski definition) is 0. The summed E-state index contributed by atoms with van der Waals surface area (Å²) in [5.41, 5.74) is 5.30. The van der Waals surface area contributed by atoms with Crippen molar-refractivity contribution in [2.24, 2.45) is 5.92 Å². The molecule has 4 nitrogen and oxygen atoms in total. The average molecular weight is 583 g/mol. The molecule has 0 aliphatic heterocycles. The SMILES string of the molecule is CCC(CC)CC(C)OC(=O)c1ccc(C#Cc2ccc(C#Cc3ccc(C(=O)OC(C)c4ccccc4)cc3)cc2)cc1. The van der Waals surface area contributed by atoms with Gasteiger partial charge in [0.25, 0.3) is 0 Å². The molecule has 0 heterocycles. The summed E-state index contributed by atoms with van der Waals surface area (Å²) in [4.78, 5) is 25.0. The second-order valence-electron chi connectivity index (χ2n) is 10.8. The Hall–Kier alpha value is -5.06. The maximum atomic E-state index is 12.5. The Bertz CT molecular complexity index is 1640. The van der Waals surface area contributed by atoms with E-state index in [0.717, 1.165) is 47.1 Å². The molecule has 0 radical (unpaired) electrons. The van der Waals surface area contributed by atoms with E-state index in [0.29, 0.717) is 17.0 Å². The van der Waals surface area contributed by atoms with Crippen LogP contribution in [0.4, 0.5) is 0 Å². The van der Waals surface area contributed by atoms with E-state index in [2.05, 4.69) is 37.5 Å². The third-order valence-corrected chi connectivity index (χ3v) is 7.51. The van der Waals surface area contributed by atoms with Crippen LogP contribution < -0.4 is 0 Å². The summed E-state index contributed by atoms with van der Waals surface area (Å²) in [6.07, 6.45) is 2.63. The highest BCUT2D eigenvalue weighted by Crippen LogP contribution is 2.19. The first kappa shape index (κ1) is 31.9. The highest BCUT2D eigenvalue weighted by atomic mass is 16.5. The lowest BCUT2D eigenvalue weighted by Gasteiger charge is -2.18. The zero-order valence-electron chi connectivity index (χ0n) is 25.8. The summed E-state index contributed by atoms with van der Waals surface area (Å²) in [5.74, 6) is 12.5. The van der Waals surface area contributed by atoms with Crippen molar-refractivity contribution in [1.82, 2.24) is 0 Å². The van der Waals surface area contributed by atoms with Crippen LogP contribution in [0, 0.1) is 29.6 Å². The molecule has 0 spiro atoms. The van der Waals surface area contributed by atoms with Crippen molar-refractivity contribution >= 4 is 11.9 Å². The number of rotatable bonds is 9. The molecule has 0 bridgehead atoms. The standard InChI is InChI=1S/C40H38O4/c1-5-31(6-2)28-29(3)43-39(41)37-24-20-34(21-25-37)18-16-32-12-14-33(15-13-32)17-19-35-22-26-38(27-23-35)40(42)44-30(4)36-10-8-7-9-11-36/h7-15,20-27,29-31H,5-6,28H2,1-4H3. The van der Waals surface area contributed by atoms with Gasteiger partial charge in [0.2, 0.25) is 0 Å². The van der Waals surface area contributed by atoms with E-state index in [4.69, 9.17) is 9.47 Å². The Morgan fingerprint density at radius 1 is 0.568 bits per heavy atom. The molecule has 222 valence electrons. The predicted octanol–water partition coefficient (Wildman–Crippen LogP) is 8.78. The fourth-order valence-electron chi connectivity index (χ4n) is 4.72. The molecule has 2 atom stereocenters. The van der Waals surface area contributed by atoms with Gasteiger partial charge in [0.15, 0.2) is 0 Å². The van der Waals surface area contributed by atoms with Crippen molar-refractivity contribution in [1.29, 1.82) is 0 Å². The average Bonchev–Trinajstić information content (AvgIpc) is 3.06. The van der Waals surface area contributed by atoms with E-state index >= 15 is 0 Å². The molecule has 0 saturated heterocycles. The van der Waals surface area contributed by atoms with Crippen LogP contribution in [0.3, 0.4) is 0 Å². The lowest BCUT2D eigenvalue weighted by molar-refractivity contribution is 0.0283. The van der Waals surface area contributed by atoms with Gasteiger partial charge in [-0.05, 0) is 105 Å². The lowest BCUT2D eigenvalue weighted by Crippen LogP contribution is -2.18. The van der Waals surface area contributed by atoms with Crippen LogP contribution in [0.2, 0.25) is 0 Å². The number of carbonyl (C=O) groups is 2. The second-order valence-corrected chi connectivity index (χ2v) is 10.8. The monoisotopic (exact) mass is 582 g/mol. The zero-order chi connectivity index (χ0) is 31.3. The molecule has 4 rings (SSSR count). The molecular weight excluding hydrogens is 544 g/mol. The Labute approximate surface area is 261 Å². The molecule has 4 heteroatoms. The first-order valence-corrected chi connectivity index (χ1v) is 15.2. The molecule has 4 aromatic carbocycles. The van der Waals surface area contributed by atoms with Crippen molar-refractivity contribution in [2.45, 2.75) is 59.2 Å². The molecule has 2 unspecified atom stereocenters. The highest BCUT2D eigenvalue weighted by Gasteiger charge is 2.16. The molecule has 4 aromatic rings. The minimum Gasteiger partial charge on any atom is -0.459 e. The quantitative estimate of drug-likeness (QED) is 0.146. The number of benzene rings is 4. The van der Waals surface area contributed by atoms with E-state index < -0.39 is 0 Å². The molecule has 0 saturated carbocycles. The van der Waals surface area contributed by atoms with Gasteiger partial charge in [-0.1, -0.05) is 80.7 Å². The van der Waals surface area contributed by atoms with Gasteiger partial charge in [0.1, 0.15) is 6.10 Å². The summed E-state index contributed by atoms with van der Waals surface area (Å²) in [5, 5.41) is 0. The van der Waals surface area contributed by atoms with Gasteiger partial charge in [-0.15, -0.1) is 0 Å². The summed E-state index contributed by atoms with van der Waals surface area (Å²) in [7, 11) is 0. The molecule has 0 N–H and O–H groups in total. The Balaban J connectivity index is 1.29. The Kier molecular flexibility index (Phi) is 11.6.